The van der Waals surface area contributed by atoms with Gasteiger partial charge in [0, 0.05) is 24.0 Å². The van der Waals surface area contributed by atoms with Gasteiger partial charge in [-0.1, -0.05) is 91.0 Å². The second-order valence-electron chi connectivity index (χ2n) is 8.02. The Bertz CT molecular complexity index is 946. The van der Waals surface area contributed by atoms with Crippen molar-refractivity contribution in [2.45, 2.75) is 33.1 Å². The van der Waals surface area contributed by atoms with Crippen molar-refractivity contribution in [1.82, 2.24) is 0 Å². The number of hydrogen-bond donors (Lipinski definition) is 1. The molecule has 0 radical (unpaired) electrons. The standard InChI is InChI=1S/C29H28O/c1-21-26(18-23-12-6-3-7-13-23)22(2)28(20-25-16-10-5-11-17-25)29(30)27(21)19-24-14-8-4-9-15-24/h3-17,30H,18-20H2,1-2H3. The quantitative estimate of drug-likeness (QED) is 0.383. The highest BCUT2D eigenvalue weighted by Gasteiger charge is 2.20. The summed E-state index contributed by atoms with van der Waals surface area (Å²) in [6.45, 7) is 4.32. The van der Waals surface area contributed by atoms with Crippen LogP contribution in [-0.4, -0.2) is 5.11 Å². The lowest BCUT2D eigenvalue weighted by molar-refractivity contribution is 0.461. The van der Waals surface area contributed by atoms with Gasteiger partial charge >= 0.3 is 0 Å². The molecule has 4 aromatic carbocycles. The van der Waals surface area contributed by atoms with Gasteiger partial charge in [-0.25, -0.2) is 0 Å². The van der Waals surface area contributed by atoms with E-state index < -0.39 is 0 Å². The Kier molecular flexibility index (Phi) is 5.99. The molecule has 0 aliphatic rings. The van der Waals surface area contributed by atoms with Gasteiger partial charge in [-0.15, -0.1) is 0 Å². The Morgan fingerprint density at radius 3 is 1.10 bits per heavy atom. The molecule has 0 unspecified atom stereocenters. The average molecular weight is 393 g/mol. The highest BCUT2D eigenvalue weighted by atomic mass is 16.3. The largest absolute Gasteiger partial charge is 0.507 e. The van der Waals surface area contributed by atoms with Crippen LogP contribution in [0.25, 0.3) is 0 Å². The smallest absolute Gasteiger partial charge is 0.123 e. The predicted molar refractivity (Wildman–Crippen MR) is 125 cm³/mol. The SMILES string of the molecule is Cc1c(Cc2ccccc2)c(C)c(Cc2ccccc2)c(O)c1Cc1ccccc1. The van der Waals surface area contributed by atoms with E-state index in [1.807, 2.05) is 12.1 Å². The van der Waals surface area contributed by atoms with Crippen LogP contribution in [0, 0.1) is 13.8 Å². The molecule has 0 aliphatic carbocycles. The maximum absolute atomic E-state index is 11.4. The van der Waals surface area contributed by atoms with Gasteiger partial charge in [-0.2, -0.15) is 0 Å². The van der Waals surface area contributed by atoms with E-state index in [4.69, 9.17) is 0 Å². The zero-order valence-corrected chi connectivity index (χ0v) is 17.7. The van der Waals surface area contributed by atoms with E-state index in [0.29, 0.717) is 5.75 Å². The summed E-state index contributed by atoms with van der Waals surface area (Å²) in [6.07, 6.45) is 2.35. The van der Waals surface area contributed by atoms with Crippen molar-refractivity contribution in [1.29, 1.82) is 0 Å². The Morgan fingerprint density at radius 2 is 0.767 bits per heavy atom. The Hall–Kier alpha value is -3.32. The molecular formula is C29H28O. The van der Waals surface area contributed by atoms with Crippen LogP contribution in [0.4, 0.5) is 0 Å². The summed E-state index contributed by atoms with van der Waals surface area (Å²) in [4.78, 5) is 0. The molecule has 0 bridgehead atoms. The Morgan fingerprint density at radius 1 is 0.467 bits per heavy atom. The van der Waals surface area contributed by atoms with Crippen molar-refractivity contribution >= 4 is 0 Å². The molecule has 150 valence electrons. The molecule has 0 saturated carbocycles. The highest BCUT2D eigenvalue weighted by molar-refractivity contribution is 5.58. The van der Waals surface area contributed by atoms with Gasteiger partial charge in [-0.05, 0) is 53.6 Å². The minimum atomic E-state index is 0.453. The molecule has 0 aromatic heterocycles. The molecule has 30 heavy (non-hydrogen) atoms. The average Bonchev–Trinajstić information content (AvgIpc) is 2.79. The highest BCUT2D eigenvalue weighted by Crippen LogP contribution is 2.36. The van der Waals surface area contributed by atoms with Crippen LogP contribution in [-0.2, 0) is 19.3 Å². The second kappa shape index (κ2) is 9.00. The molecule has 0 saturated heterocycles. The first-order chi connectivity index (χ1) is 14.6. The normalized spacial score (nSPS) is 10.9. The fourth-order valence-corrected chi connectivity index (χ4v) is 4.28. The molecule has 0 heterocycles. The number of benzene rings is 4. The van der Waals surface area contributed by atoms with Crippen LogP contribution in [0.3, 0.4) is 0 Å². The van der Waals surface area contributed by atoms with Crippen molar-refractivity contribution in [3.63, 3.8) is 0 Å². The second-order valence-corrected chi connectivity index (χ2v) is 8.02. The van der Waals surface area contributed by atoms with Gasteiger partial charge in [0.25, 0.3) is 0 Å². The van der Waals surface area contributed by atoms with E-state index in [2.05, 4.69) is 92.7 Å². The maximum Gasteiger partial charge on any atom is 0.123 e. The van der Waals surface area contributed by atoms with E-state index >= 15 is 0 Å². The molecule has 0 aliphatic heterocycles. The van der Waals surface area contributed by atoms with Crippen molar-refractivity contribution in [2.75, 3.05) is 0 Å². The summed E-state index contributed by atoms with van der Waals surface area (Å²) in [5.41, 5.74) is 9.56. The lowest BCUT2D eigenvalue weighted by Gasteiger charge is -2.22. The number of phenols is 1. The molecule has 1 heteroatoms. The summed E-state index contributed by atoms with van der Waals surface area (Å²) in [5, 5.41) is 11.4. The van der Waals surface area contributed by atoms with Crippen LogP contribution >= 0.6 is 0 Å². The summed E-state index contributed by atoms with van der Waals surface area (Å²) in [6, 6.07) is 31.4. The summed E-state index contributed by atoms with van der Waals surface area (Å²) in [7, 11) is 0. The number of hydrogen-bond acceptors (Lipinski definition) is 1. The monoisotopic (exact) mass is 392 g/mol. The molecule has 0 atom stereocenters. The minimum Gasteiger partial charge on any atom is -0.507 e. The van der Waals surface area contributed by atoms with Gasteiger partial charge in [0.2, 0.25) is 0 Å². The molecule has 0 amide bonds. The molecule has 1 nitrogen and oxygen atoms in total. The molecule has 4 rings (SSSR count). The topological polar surface area (TPSA) is 20.2 Å². The molecule has 0 fully saturated rings. The van der Waals surface area contributed by atoms with Crippen LogP contribution < -0.4 is 0 Å². The molecule has 1 N–H and O–H groups in total. The van der Waals surface area contributed by atoms with Crippen molar-refractivity contribution in [3.8, 4) is 5.75 Å². The lowest BCUT2D eigenvalue weighted by Crippen LogP contribution is -2.07. The van der Waals surface area contributed by atoms with Crippen molar-refractivity contribution in [2.24, 2.45) is 0 Å². The van der Waals surface area contributed by atoms with Gasteiger partial charge in [0.1, 0.15) is 5.75 Å². The van der Waals surface area contributed by atoms with Crippen molar-refractivity contribution in [3.05, 3.63) is 136 Å². The third-order valence-corrected chi connectivity index (χ3v) is 6.05. The van der Waals surface area contributed by atoms with Gasteiger partial charge in [-0.3, -0.25) is 0 Å². The Balaban J connectivity index is 1.83. The zero-order chi connectivity index (χ0) is 20.9. The van der Waals surface area contributed by atoms with Crippen LogP contribution in [0.5, 0.6) is 5.75 Å². The fourth-order valence-electron chi connectivity index (χ4n) is 4.28. The third kappa shape index (κ3) is 4.31. The van der Waals surface area contributed by atoms with Crippen molar-refractivity contribution < 1.29 is 5.11 Å². The zero-order valence-electron chi connectivity index (χ0n) is 17.7. The van der Waals surface area contributed by atoms with E-state index in [1.54, 1.807) is 0 Å². The maximum atomic E-state index is 11.4. The molecule has 4 aromatic rings. The summed E-state index contributed by atoms with van der Waals surface area (Å²) < 4.78 is 0. The third-order valence-electron chi connectivity index (χ3n) is 6.05. The number of aromatic hydroxyl groups is 1. The minimum absolute atomic E-state index is 0.453. The fraction of sp³-hybridized carbons (Fsp3) is 0.172. The van der Waals surface area contributed by atoms with E-state index in [9.17, 15) is 5.11 Å². The lowest BCUT2D eigenvalue weighted by atomic mass is 9.84. The van der Waals surface area contributed by atoms with Crippen LogP contribution in [0.15, 0.2) is 91.0 Å². The van der Waals surface area contributed by atoms with Crippen LogP contribution in [0.1, 0.15) is 44.5 Å². The van der Waals surface area contributed by atoms with Gasteiger partial charge in [0.15, 0.2) is 0 Å². The van der Waals surface area contributed by atoms with E-state index in [0.717, 1.165) is 30.4 Å². The summed E-state index contributed by atoms with van der Waals surface area (Å²) in [5.74, 6) is 0.453. The number of phenolic OH excluding ortho intramolecular Hbond substituents is 1. The molecule has 0 spiro atoms. The van der Waals surface area contributed by atoms with E-state index in [-0.39, 0.29) is 0 Å². The first kappa shape index (κ1) is 20.0. The van der Waals surface area contributed by atoms with Gasteiger partial charge < -0.3 is 5.11 Å². The first-order valence-electron chi connectivity index (χ1n) is 10.6. The number of rotatable bonds is 6. The van der Waals surface area contributed by atoms with E-state index in [1.165, 1.54) is 33.4 Å². The molecular weight excluding hydrogens is 364 g/mol. The predicted octanol–water partition coefficient (Wildman–Crippen LogP) is 6.78. The Labute approximate surface area is 179 Å². The van der Waals surface area contributed by atoms with Crippen LogP contribution in [0.2, 0.25) is 0 Å². The summed E-state index contributed by atoms with van der Waals surface area (Å²) >= 11 is 0. The van der Waals surface area contributed by atoms with Gasteiger partial charge in [0.05, 0.1) is 0 Å². The first-order valence-corrected chi connectivity index (χ1v) is 10.6.